The van der Waals surface area contributed by atoms with Crippen LogP contribution in [0.25, 0.3) is 0 Å². The van der Waals surface area contributed by atoms with Crippen molar-refractivity contribution >= 4 is 5.69 Å². The summed E-state index contributed by atoms with van der Waals surface area (Å²) in [5, 5.41) is 14.0. The Hall–Kier alpha value is -1.66. The van der Waals surface area contributed by atoms with E-state index in [4.69, 9.17) is 9.47 Å². The molecule has 1 saturated heterocycles. The Morgan fingerprint density at radius 3 is 2.72 bits per heavy atom. The molecular weight excluding hydrogens is 236 g/mol. The average Bonchev–Trinajstić information content (AvgIpc) is 2.33. The fraction of sp³-hybridized carbons (Fsp3) is 0.500. The second-order valence-corrected chi connectivity index (χ2v) is 4.61. The lowest BCUT2D eigenvalue weighted by Gasteiger charge is -2.39. The summed E-state index contributed by atoms with van der Waals surface area (Å²) >= 11 is 0. The molecule has 0 amide bonds. The van der Waals surface area contributed by atoms with Crippen molar-refractivity contribution in [1.82, 2.24) is 5.32 Å². The predicted molar refractivity (Wildman–Crippen MR) is 65.7 cm³/mol. The summed E-state index contributed by atoms with van der Waals surface area (Å²) in [5.41, 5.74) is 0.584. The van der Waals surface area contributed by atoms with Gasteiger partial charge in [0.25, 0.3) is 0 Å². The van der Waals surface area contributed by atoms with Gasteiger partial charge in [0.2, 0.25) is 0 Å². The number of benzene rings is 1. The van der Waals surface area contributed by atoms with Gasteiger partial charge in [-0.05, 0) is 18.6 Å². The largest absolute Gasteiger partial charge is 0.490 e. The maximum atomic E-state index is 10.9. The maximum Gasteiger partial charge on any atom is 0.311 e. The Morgan fingerprint density at radius 2 is 2.22 bits per heavy atom. The molecule has 2 rings (SSSR count). The van der Waals surface area contributed by atoms with E-state index in [1.807, 2.05) is 6.92 Å². The summed E-state index contributed by atoms with van der Waals surface area (Å²) in [6.07, 6.45) is 0. The number of rotatable bonds is 5. The smallest absolute Gasteiger partial charge is 0.311 e. The fourth-order valence-corrected chi connectivity index (χ4v) is 1.80. The van der Waals surface area contributed by atoms with Crippen LogP contribution in [-0.4, -0.2) is 30.7 Å². The number of hydrogen-bond acceptors (Lipinski definition) is 5. The van der Waals surface area contributed by atoms with E-state index in [1.54, 1.807) is 12.1 Å². The van der Waals surface area contributed by atoms with Crippen molar-refractivity contribution in [2.24, 2.45) is 0 Å². The molecule has 1 aliphatic heterocycles. The highest BCUT2D eigenvalue weighted by atomic mass is 16.6. The normalized spacial score (nSPS) is 17.0. The second-order valence-electron chi connectivity index (χ2n) is 4.61. The molecular formula is C12H16N2O4. The minimum absolute atomic E-state index is 0.0320. The first-order chi connectivity index (χ1) is 8.54. The molecule has 1 fully saturated rings. The first-order valence-electron chi connectivity index (χ1n) is 5.70. The zero-order valence-electron chi connectivity index (χ0n) is 10.4. The molecule has 18 heavy (non-hydrogen) atoms. The lowest BCUT2D eigenvalue weighted by atomic mass is 10.00. The van der Waals surface area contributed by atoms with Crippen LogP contribution in [-0.2, 0) is 11.3 Å². The van der Waals surface area contributed by atoms with Crippen molar-refractivity contribution in [2.75, 3.05) is 20.2 Å². The first-order valence-corrected chi connectivity index (χ1v) is 5.70. The van der Waals surface area contributed by atoms with Crippen molar-refractivity contribution in [3.05, 3.63) is 33.9 Å². The number of ether oxygens (including phenoxy) is 2. The summed E-state index contributed by atoms with van der Waals surface area (Å²) in [6, 6.07) is 4.87. The molecule has 98 valence electrons. The molecule has 1 heterocycles. The Morgan fingerprint density at radius 1 is 1.50 bits per heavy atom. The average molecular weight is 252 g/mol. The molecule has 6 nitrogen and oxygen atoms in total. The van der Waals surface area contributed by atoms with Crippen LogP contribution >= 0.6 is 0 Å². The third kappa shape index (κ3) is 2.60. The first kappa shape index (κ1) is 12.8. The van der Waals surface area contributed by atoms with Crippen LogP contribution in [0, 0.1) is 10.1 Å². The van der Waals surface area contributed by atoms with Crippen molar-refractivity contribution in [2.45, 2.75) is 19.1 Å². The van der Waals surface area contributed by atoms with Crippen molar-refractivity contribution in [1.29, 1.82) is 0 Å². The number of nitrogens with one attached hydrogen (secondary N) is 1. The summed E-state index contributed by atoms with van der Waals surface area (Å²) in [7, 11) is 1.42. The molecule has 0 radical (unpaired) electrons. The van der Waals surface area contributed by atoms with E-state index >= 15 is 0 Å². The van der Waals surface area contributed by atoms with Gasteiger partial charge in [0.1, 0.15) is 0 Å². The molecule has 0 aliphatic carbocycles. The van der Waals surface area contributed by atoms with Crippen LogP contribution in [0.3, 0.4) is 0 Å². The number of methoxy groups -OCH3 is 1. The number of nitro benzene ring substituents is 1. The minimum Gasteiger partial charge on any atom is -0.490 e. The second kappa shape index (κ2) is 4.91. The third-order valence-corrected chi connectivity index (χ3v) is 3.03. The molecule has 0 spiro atoms. The van der Waals surface area contributed by atoms with Crippen LogP contribution < -0.4 is 10.1 Å². The summed E-state index contributed by atoms with van der Waals surface area (Å²) in [6.45, 7) is 4.00. The van der Waals surface area contributed by atoms with Crippen LogP contribution in [0.5, 0.6) is 5.75 Å². The number of hydrogen-bond donors (Lipinski definition) is 1. The standard InChI is InChI=1S/C12H16N2O4/c1-12(7-13-8-12)18-6-9-3-4-11(17-2)10(5-9)14(15)16/h3-5,13H,6-8H2,1-2H3. The van der Waals surface area contributed by atoms with E-state index in [-0.39, 0.29) is 17.0 Å². The van der Waals surface area contributed by atoms with Gasteiger partial charge >= 0.3 is 5.69 Å². The van der Waals surface area contributed by atoms with Crippen LogP contribution in [0.4, 0.5) is 5.69 Å². The van der Waals surface area contributed by atoms with Gasteiger partial charge in [-0.15, -0.1) is 0 Å². The Labute approximate surface area is 105 Å². The van der Waals surface area contributed by atoms with Crippen molar-refractivity contribution in [3.63, 3.8) is 0 Å². The van der Waals surface area contributed by atoms with Gasteiger partial charge in [-0.3, -0.25) is 10.1 Å². The fourth-order valence-electron chi connectivity index (χ4n) is 1.80. The molecule has 0 atom stereocenters. The Bertz CT molecular complexity index is 457. The maximum absolute atomic E-state index is 10.9. The predicted octanol–water partition coefficient (Wildman–Crippen LogP) is 1.48. The van der Waals surface area contributed by atoms with E-state index in [1.165, 1.54) is 13.2 Å². The molecule has 1 aliphatic rings. The highest BCUT2D eigenvalue weighted by molar-refractivity contribution is 5.48. The lowest BCUT2D eigenvalue weighted by Crippen LogP contribution is -2.58. The number of nitrogens with zero attached hydrogens (tertiary/aromatic N) is 1. The quantitative estimate of drug-likeness (QED) is 0.634. The summed E-state index contributed by atoms with van der Waals surface area (Å²) in [4.78, 5) is 10.4. The molecule has 1 aromatic rings. The SMILES string of the molecule is COc1ccc(COC2(C)CNC2)cc1[N+](=O)[O-]. The Kier molecular flexibility index (Phi) is 3.49. The van der Waals surface area contributed by atoms with Gasteiger partial charge in [0, 0.05) is 19.2 Å². The van der Waals surface area contributed by atoms with Crippen LogP contribution in [0.15, 0.2) is 18.2 Å². The van der Waals surface area contributed by atoms with Crippen molar-refractivity contribution < 1.29 is 14.4 Å². The van der Waals surface area contributed by atoms with Gasteiger partial charge in [-0.2, -0.15) is 0 Å². The van der Waals surface area contributed by atoms with Gasteiger partial charge in [0.05, 0.1) is 24.2 Å². The minimum atomic E-state index is -0.449. The molecule has 1 N–H and O–H groups in total. The Balaban J connectivity index is 2.09. The van der Waals surface area contributed by atoms with E-state index in [9.17, 15) is 10.1 Å². The highest BCUT2D eigenvalue weighted by Gasteiger charge is 2.32. The lowest BCUT2D eigenvalue weighted by molar-refractivity contribution is -0.385. The van der Waals surface area contributed by atoms with Gasteiger partial charge in [0.15, 0.2) is 5.75 Å². The molecule has 0 aromatic heterocycles. The molecule has 6 heteroatoms. The zero-order valence-corrected chi connectivity index (χ0v) is 10.4. The van der Waals surface area contributed by atoms with E-state index in [2.05, 4.69) is 5.32 Å². The molecule has 0 saturated carbocycles. The summed E-state index contributed by atoms with van der Waals surface area (Å²) < 4.78 is 10.7. The number of nitro groups is 1. The van der Waals surface area contributed by atoms with Gasteiger partial charge in [-0.1, -0.05) is 6.07 Å². The molecule has 0 unspecified atom stereocenters. The van der Waals surface area contributed by atoms with Crippen LogP contribution in [0.2, 0.25) is 0 Å². The summed E-state index contributed by atoms with van der Waals surface area (Å²) in [5.74, 6) is 0.264. The van der Waals surface area contributed by atoms with Gasteiger partial charge < -0.3 is 14.8 Å². The van der Waals surface area contributed by atoms with E-state index in [0.717, 1.165) is 18.7 Å². The van der Waals surface area contributed by atoms with E-state index < -0.39 is 4.92 Å². The van der Waals surface area contributed by atoms with Crippen molar-refractivity contribution in [3.8, 4) is 5.75 Å². The molecule has 0 bridgehead atoms. The van der Waals surface area contributed by atoms with Gasteiger partial charge in [-0.25, -0.2) is 0 Å². The monoisotopic (exact) mass is 252 g/mol. The highest BCUT2D eigenvalue weighted by Crippen LogP contribution is 2.28. The zero-order chi connectivity index (χ0) is 13.2. The van der Waals surface area contributed by atoms with Crippen LogP contribution in [0.1, 0.15) is 12.5 Å². The third-order valence-electron chi connectivity index (χ3n) is 3.03. The topological polar surface area (TPSA) is 73.6 Å². The van der Waals surface area contributed by atoms with E-state index in [0.29, 0.717) is 6.61 Å². The molecule has 1 aromatic carbocycles.